The predicted molar refractivity (Wildman–Crippen MR) is 106 cm³/mol. The van der Waals surface area contributed by atoms with Gasteiger partial charge < -0.3 is 4.90 Å². The van der Waals surface area contributed by atoms with Crippen LogP contribution in [0.25, 0.3) is 6.08 Å². The molecular formula is C21H20N2O2S. The summed E-state index contributed by atoms with van der Waals surface area (Å²) in [5.74, 6) is -0.308. The van der Waals surface area contributed by atoms with Gasteiger partial charge in [0.15, 0.2) is 0 Å². The van der Waals surface area contributed by atoms with Crippen LogP contribution in [0, 0.1) is 0 Å². The van der Waals surface area contributed by atoms with Gasteiger partial charge in [-0.15, -0.1) is 0 Å². The van der Waals surface area contributed by atoms with Gasteiger partial charge in [0.05, 0.1) is 4.91 Å². The topological polar surface area (TPSA) is 49.4 Å². The smallest absolute Gasteiger partial charge is 0.290 e. The summed E-state index contributed by atoms with van der Waals surface area (Å²) in [7, 11) is 2.16. The Morgan fingerprint density at radius 3 is 2.73 bits per heavy atom. The Labute approximate surface area is 157 Å². The SMILES string of the molecule is CN1c2ccc(/C=C3/SC(=O)NC3=O)cc2CCC1Cc1ccccc1. The highest BCUT2D eigenvalue weighted by Gasteiger charge is 2.26. The molecule has 1 N–H and O–H groups in total. The van der Waals surface area contributed by atoms with E-state index in [-0.39, 0.29) is 11.1 Å². The van der Waals surface area contributed by atoms with Gasteiger partial charge in [-0.2, -0.15) is 0 Å². The number of aryl methyl sites for hydroxylation is 1. The Hall–Kier alpha value is -2.53. The van der Waals surface area contributed by atoms with E-state index < -0.39 is 0 Å². The maximum Gasteiger partial charge on any atom is 0.290 e. The second kappa shape index (κ2) is 7.00. The zero-order valence-corrected chi connectivity index (χ0v) is 15.4. The molecule has 5 heteroatoms. The average Bonchev–Trinajstić information content (AvgIpc) is 2.95. The Bertz CT molecular complexity index is 892. The van der Waals surface area contributed by atoms with Crippen LogP contribution in [0.5, 0.6) is 0 Å². The molecule has 1 unspecified atom stereocenters. The number of hydrogen-bond donors (Lipinski definition) is 1. The van der Waals surface area contributed by atoms with E-state index in [1.807, 2.05) is 6.07 Å². The molecule has 0 saturated carbocycles. The van der Waals surface area contributed by atoms with Gasteiger partial charge >= 0.3 is 0 Å². The number of benzene rings is 2. The van der Waals surface area contributed by atoms with Crippen molar-refractivity contribution < 1.29 is 9.59 Å². The molecule has 0 bridgehead atoms. The maximum atomic E-state index is 11.7. The summed E-state index contributed by atoms with van der Waals surface area (Å²) in [6.07, 6.45) is 4.96. The van der Waals surface area contributed by atoms with Gasteiger partial charge in [-0.1, -0.05) is 36.4 Å². The molecule has 4 rings (SSSR count). The molecule has 26 heavy (non-hydrogen) atoms. The number of nitrogens with zero attached hydrogens (tertiary/aromatic N) is 1. The molecule has 132 valence electrons. The first-order chi connectivity index (χ1) is 12.6. The monoisotopic (exact) mass is 364 g/mol. The summed E-state index contributed by atoms with van der Waals surface area (Å²) in [5.41, 5.74) is 4.87. The standard InChI is InChI=1S/C21H20N2O2S/c1-23-17(12-14-5-3-2-4-6-14)9-8-16-11-15(7-10-18(16)23)13-19-20(24)22-21(25)26-19/h2-7,10-11,13,17H,8-9,12H2,1H3,(H,22,24,25)/b19-13+. The fourth-order valence-corrected chi connectivity index (χ4v) is 4.33. The highest BCUT2D eigenvalue weighted by molar-refractivity contribution is 8.18. The van der Waals surface area contributed by atoms with E-state index in [4.69, 9.17) is 0 Å². The number of amides is 2. The van der Waals surface area contributed by atoms with Gasteiger partial charge in [0.25, 0.3) is 11.1 Å². The molecule has 2 aliphatic heterocycles. The second-order valence-corrected chi connectivity index (χ2v) is 7.75. The van der Waals surface area contributed by atoms with E-state index in [1.54, 1.807) is 6.08 Å². The van der Waals surface area contributed by atoms with Crippen molar-refractivity contribution in [2.45, 2.75) is 25.3 Å². The number of hydrogen-bond acceptors (Lipinski definition) is 4. The van der Waals surface area contributed by atoms with Gasteiger partial charge in [-0.05, 0) is 65.9 Å². The quantitative estimate of drug-likeness (QED) is 0.836. The summed E-state index contributed by atoms with van der Waals surface area (Å²) in [4.78, 5) is 25.8. The van der Waals surface area contributed by atoms with Crippen LogP contribution in [-0.4, -0.2) is 24.2 Å². The van der Waals surface area contributed by atoms with Crippen molar-refractivity contribution >= 4 is 34.7 Å². The number of thioether (sulfide) groups is 1. The highest BCUT2D eigenvalue weighted by atomic mass is 32.2. The van der Waals surface area contributed by atoms with E-state index in [0.29, 0.717) is 10.9 Å². The zero-order valence-electron chi connectivity index (χ0n) is 14.6. The third-order valence-electron chi connectivity index (χ3n) is 5.03. The van der Waals surface area contributed by atoms with Gasteiger partial charge in [0.2, 0.25) is 0 Å². The van der Waals surface area contributed by atoms with E-state index in [0.717, 1.165) is 36.6 Å². The molecular weight excluding hydrogens is 344 g/mol. The molecule has 4 nitrogen and oxygen atoms in total. The van der Waals surface area contributed by atoms with Crippen molar-refractivity contribution in [3.8, 4) is 0 Å². The zero-order chi connectivity index (χ0) is 18.1. The maximum absolute atomic E-state index is 11.7. The van der Waals surface area contributed by atoms with E-state index >= 15 is 0 Å². The minimum atomic E-state index is -0.308. The molecule has 1 fully saturated rings. The molecule has 2 aromatic rings. The Balaban J connectivity index is 1.54. The van der Waals surface area contributed by atoms with Crippen LogP contribution in [0.1, 0.15) is 23.1 Å². The number of carbonyl (C=O) groups excluding carboxylic acids is 2. The van der Waals surface area contributed by atoms with Crippen LogP contribution in [0.4, 0.5) is 10.5 Å². The summed E-state index contributed by atoms with van der Waals surface area (Å²) >= 11 is 0.959. The average molecular weight is 364 g/mol. The van der Waals surface area contributed by atoms with E-state index in [2.05, 4.69) is 59.7 Å². The third kappa shape index (κ3) is 3.40. The molecule has 2 heterocycles. The lowest BCUT2D eigenvalue weighted by Crippen LogP contribution is -2.37. The molecule has 0 radical (unpaired) electrons. The van der Waals surface area contributed by atoms with Crippen molar-refractivity contribution in [1.29, 1.82) is 0 Å². The van der Waals surface area contributed by atoms with Gasteiger partial charge in [-0.3, -0.25) is 14.9 Å². The molecule has 0 aliphatic carbocycles. The molecule has 2 aliphatic rings. The first kappa shape index (κ1) is 16.9. The fraction of sp³-hybridized carbons (Fsp3) is 0.238. The Kier molecular flexibility index (Phi) is 4.55. The molecule has 2 aromatic carbocycles. The van der Waals surface area contributed by atoms with Crippen LogP contribution in [0.15, 0.2) is 53.4 Å². The summed E-state index contributed by atoms with van der Waals surface area (Å²) in [6.45, 7) is 0. The van der Waals surface area contributed by atoms with Crippen LogP contribution in [0.2, 0.25) is 0 Å². The highest BCUT2D eigenvalue weighted by Crippen LogP contribution is 2.33. The lowest BCUT2D eigenvalue weighted by Gasteiger charge is -2.36. The minimum Gasteiger partial charge on any atom is -0.371 e. The number of likely N-dealkylation sites (N-methyl/N-ethyl adjacent to an activating group) is 1. The second-order valence-electron chi connectivity index (χ2n) is 6.73. The van der Waals surface area contributed by atoms with Gasteiger partial charge in [-0.25, -0.2) is 0 Å². The van der Waals surface area contributed by atoms with Crippen molar-refractivity contribution in [1.82, 2.24) is 5.32 Å². The molecule has 2 amide bonds. The Morgan fingerprint density at radius 2 is 2.00 bits per heavy atom. The fourth-order valence-electron chi connectivity index (χ4n) is 3.65. The lowest BCUT2D eigenvalue weighted by atomic mass is 9.91. The number of anilines is 1. The van der Waals surface area contributed by atoms with Crippen molar-refractivity contribution in [3.05, 3.63) is 70.1 Å². The largest absolute Gasteiger partial charge is 0.371 e. The van der Waals surface area contributed by atoms with Crippen molar-refractivity contribution in [2.75, 3.05) is 11.9 Å². The molecule has 1 atom stereocenters. The third-order valence-corrected chi connectivity index (χ3v) is 5.84. The predicted octanol–water partition coefficient (Wildman–Crippen LogP) is 4.00. The number of imide groups is 1. The van der Waals surface area contributed by atoms with E-state index in [1.165, 1.54) is 16.8 Å². The summed E-state index contributed by atoms with van der Waals surface area (Å²) in [6, 6.07) is 17.4. The Morgan fingerprint density at radius 1 is 1.19 bits per heavy atom. The molecule has 0 aromatic heterocycles. The number of rotatable bonds is 3. The number of nitrogens with one attached hydrogen (secondary N) is 1. The summed E-state index contributed by atoms with van der Waals surface area (Å²) in [5, 5.41) is 1.99. The summed E-state index contributed by atoms with van der Waals surface area (Å²) < 4.78 is 0. The van der Waals surface area contributed by atoms with Crippen molar-refractivity contribution in [2.24, 2.45) is 0 Å². The van der Waals surface area contributed by atoms with Gasteiger partial charge in [0, 0.05) is 18.8 Å². The van der Waals surface area contributed by atoms with E-state index in [9.17, 15) is 9.59 Å². The van der Waals surface area contributed by atoms with Crippen molar-refractivity contribution in [3.63, 3.8) is 0 Å². The minimum absolute atomic E-state index is 0.303. The molecule has 1 saturated heterocycles. The number of fused-ring (bicyclic) bond motifs is 1. The first-order valence-corrected chi connectivity index (χ1v) is 9.56. The first-order valence-electron chi connectivity index (χ1n) is 8.75. The normalized spacial score (nSPS) is 21.0. The van der Waals surface area contributed by atoms with Crippen LogP contribution < -0.4 is 10.2 Å². The van der Waals surface area contributed by atoms with Gasteiger partial charge in [0.1, 0.15) is 0 Å². The van der Waals surface area contributed by atoms with Crippen LogP contribution >= 0.6 is 11.8 Å². The molecule has 0 spiro atoms. The van der Waals surface area contributed by atoms with Crippen LogP contribution in [0.3, 0.4) is 0 Å². The number of carbonyl (C=O) groups is 2. The van der Waals surface area contributed by atoms with Crippen LogP contribution in [-0.2, 0) is 17.6 Å². The lowest BCUT2D eigenvalue weighted by molar-refractivity contribution is -0.115.